The van der Waals surface area contributed by atoms with E-state index in [1.165, 1.54) is 4.90 Å². The van der Waals surface area contributed by atoms with Crippen LogP contribution in [0.15, 0.2) is 23.7 Å². The highest BCUT2D eigenvalue weighted by molar-refractivity contribution is 7.13. The maximum atomic E-state index is 13.2. The van der Waals surface area contributed by atoms with Crippen LogP contribution >= 0.6 is 11.3 Å². The van der Waals surface area contributed by atoms with Crippen molar-refractivity contribution in [2.75, 3.05) is 13.6 Å². The molecule has 2 aromatic rings. The van der Waals surface area contributed by atoms with E-state index in [1.54, 1.807) is 18.4 Å². The van der Waals surface area contributed by atoms with Gasteiger partial charge in [-0.2, -0.15) is 0 Å². The Balaban J connectivity index is 1.69. The summed E-state index contributed by atoms with van der Waals surface area (Å²) < 4.78 is 0. The van der Waals surface area contributed by atoms with Gasteiger partial charge in [-0.15, -0.1) is 11.3 Å². The summed E-state index contributed by atoms with van der Waals surface area (Å²) in [6.45, 7) is 10.5. The van der Waals surface area contributed by atoms with Crippen LogP contribution in [0.5, 0.6) is 0 Å². The molecular formula is C24H34N4O3S. The van der Waals surface area contributed by atoms with Gasteiger partial charge in [0.1, 0.15) is 6.04 Å². The molecule has 0 saturated carbocycles. The highest BCUT2D eigenvalue weighted by Crippen LogP contribution is 2.29. The first kappa shape index (κ1) is 24.4. The van der Waals surface area contributed by atoms with Crippen LogP contribution in [0.1, 0.15) is 44.0 Å². The summed E-state index contributed by atoms with van der Waals surface area (Å²) in [4.78, 5) is 33.1. The lowest BCUT2D eigenvalue weighted by Gasteiger charge is -2.34. The maximum absolute atomic E-state index is 13.2. The number of hydrogen-bond donors (Lipinski definition) is 3. The second-order valence-electron chi connectivity index (χ2n) is 9.61. The van der Waals surface area contributed by atoms with E-state index < -0.39 is 18.2 Å². The number of rotatable bonds is 6. The van der Waals surface area contributed by atoms with Gasteiger partial charge in [0.05, 0.1) is 28.2 Å². The molecule has 0 aliphatic carbocycles. The lowest BCUT2D eigenvalue weighted by atomic mass is 9.86. The van der Waals surface area contributed by atoms with Gasteiger partial charge in [-0.25, -0.2) is 4.98 Å². The molecule has 174 valence electrons. The first-order valence-electron chi connectivity index (χ1n) is 11.0. The SMILES string of the molecule is CN[C@H](C(=O)N1C[C@H](O)C[C@H]1C(=O)NCc1ccc(-c2scnc2C)cc1C)C(C)(C)C. The number of carbonyl (C=O) groups excluding carboxylic acids is 2. The number of aromatic nitrogens is 1. The molecule has 1 aliphatic heterocycles. The summed E-state index contributed by atoms with van der Waals surface area (Å²) >= 11 is 1.61. The predicted molar refractivity (Wildman–Crippen MR) is 127 cm³/mol. The van der Waals surface area contributed by atoms with E-state index in [4.69, 9.17) is 0 Å². The van der Waals surface area contributed by atoms with Gasteiger partial charge >= 0.3 is 0 Å². The number of thiazole rings is 1. The number of hydrogen-bond acceptors (Lipinski definition) is 6. The zero-order chi connectivity index (χ0) is 23.6. The fourth-order valence-electron chi connectivity index (χ4n) is 4.31. The number of aryl methyl sites for hydroxylation is 2. The zero-order valence-corrected chi connectivity index (χ0v) is 20.5. The minimum atomic E-state index is -0.698. The van der Waals surface area contributed by atoms with Crippen molar-refractivity contribution in [3.8, 4) is 10.4 Å². The summed E-state index contributed by atoms with van der Waals surface area (Å²) in [6, 6.07) is 5.07. The fraction of sp³-hybridized carbons (Fsp3) is 0.542. The number of benzene rings is 1. The Kier molecular flexibility index (Phi) is 7.37. The molecule has 32 heavy (non-hydrogen) atoms. The molecule has 0 spiro atoms. The van der Waals surface area contributed by atoms with Crippen LogP contribution in [-0.4, -0.2) is 58.6 Å². The Bertz CT molecular complexity index is 982. The molecule has 3 atom stereocenters. The first-order chi connectivity index (χ1) is 15.0. The number of β-amino-alcohol motifs (C(OH)–C–C–N with tert-alkyl or cyclic N) is 1. The molecule has 1 aliphatic rings. The smallest absolute Gasteiger partial charge is 0.243 e. The quantitative estimate of drug-likeness (QED) is 0.619. The summed E-state index contributed by atoms with van der Waals surface area (Å²) in [6.07, 6.45) is -0.448. The lowest BCUT2D eigenvalue weighted by Crippen LogP contribution is -2.55. The molecular weight excluding hydrogens is 424 g/mol. The third kappa shape index (κ3) is 5.19. The molecule has 2 heterocycles. The normalized spacial score (nSPS) is 19.8. The van der Waals surface area contributed by atoms with Crippen molar-refractivity contribution in [2.45, 2.75) is 65.8 Å². The van der Waals surface area contributed by atoms with Gasteiger partial charge in [0, 0.05) is 19.5 Å². The topological polar surface area (TPSA) is 94.6 Å². The third-order valence-electron chi connectivity index (χ3n) is 6.07. The monoisotopic (exact) mass is 458 g/mol. The van der Waals surface area contributed by atoms with Gasteiger partial charge in [0.25, 0.3) is 0 Å². The zero-order valence-electron chi connectivity index (χ0n) is 19.7. The molecule has 8 heteroatoms. The second kappa shape index (κ2) is 9.68. The van der Waals surface area contributed by atoms with Gasteiger partial charge in [-0.1, -0.05) is 39.0 Å². The molecule has 1 fully saturated rings. The van der Waals surface area contributed by atoms with Crippen molar-refractivity contribution in [1.29, 1.82) is 0 Å². The van der Waals surface area contributed by atoms with E-state index in [2.05, 4.69) is 21.7 Å². The predicted octanol–water partition coefficient (Wildman–Crippen LogP) is 2.64. The van der Waals surface area contributed by atoms with E-state index >= 15 is 0 Å². The van der Waals surface area contributed by atoms with Gasteiger partial charge < -0.3 is 20.6 Å². The van der Waals surface area contributed by atoms with Gasteiger partial charge in [0.15, 0.2) is 0 Å². The number of nitrogens with zero attached hydrogens (tertiary/aromatic N) is 2. The first-order valence-corrected chi connectivity index (χ1v) is 11.8. The average Bonchev–Trinajstić information content (AvgIpc) is 3.31. The summed E-state index contributed by atoms with van der Waals surface area (Å²) in [5.41, 5.74) is 5.76. The highest BCUT2D eigenvalue weighted by Gasteiger charge is 2.43. The van der Waals surface area contributed by atoms with Crippen LogP contribution in [-0.2, 0) is 16.1 Å². The summed E-state index contributed by atoms with van der Waals surface area (Å²) in [5.74, 6) is -0.391. The van der Waals surface area contributed by atoms with Crippen LogP contribution in [0.25, 0.3) is 10.4 Å². The third-order valence-corrected chi connectivity index (χ3v) is 7.05. The Morgan fingerprint density at radius 3 is 2.59 bits per heavy atom. The maximum Gasteiger partial charge on any atom is 0.243 e. The van der Waals surface area contributed by atoms with Crippen molar-refractivity contribution in [1.82, 2.24) is 20.5 Å². The van der Waals surface area contributed by atoms with Crippen LogP contribution < -0.4 is 10.6 Å². The van der Waals surface area contributed by atoms with Crippen molar-refractivity contribution in [2.24, 2.45) is 5.41 Å². The van der Waals surface area contributed by atoms with E-state index in [-0.39, 0.29) is 30.2 Å². The Morgan fingerprint density at radius 2 is 2.03 bits per heavy atom. The molecule has 3 rings (SSSR count). The molecule has 0 unspecified atom stereocenters. The molecule has 7 nitrogen and oxygen atoms in total. The van der Waals surface area contributed by atoms with E-state index in [1.807, 2.05) is 52.3 Å². The fourth-order valence-corrected chi connectivity index (χ4v) is 5.12. The van der Waals surface area contributed by atoms with Gasteiger partial charge in [-0.3, -0.25) is 9.59 Å². The number of nitrogens with one attached hydrogen (secondary N) is 2. The van der Waals surface area contributed by atoms with Crippen LogP contribution in [0, 0.1) is 19.3 Å². The van der Waals surface area contributed by atoms with E-state index in [0.29, 0.717) is 6.54 Å². The molecule has 2 amide bonds. The number of aliphatic hydroxyl groups is 1. The van der Waals surface area contributed by atoms with Crippen LogP contribution in [0.2, 0.25) is 0 Å². The number of likely N-dealkylation sites (N-methyl/N-ethyl adjacent to an activating group) is 1. The standard InChI is InChI=1S/C24H34N4O3S/c1-14-9-16(20-15(2)27-13-32-20)7-8-17(14)11-26-22(30)19-10-18(29)12-28(19)23(31)21(25-6)24(3,4)5/h7-9,13,18-19,21,25,29H,10-12H2,1-6H3,(H,26,30)/t18-,19+,21-/m1/s1. The van der Waals surface area contributed by atoms with Crippen molar-refractivity contribution < 1.29 is 14.7 Å². The Hall–Kier alpha value is -2.29. The van der Waals surface area contributed by atoms with Gasteiger partial charge in [0.2, 0.25) is 11.8 Å². The van der Waals surface area contributed by atoms with Crippen LogP contribution in [0.4, 0.5) is 0 Å². The summed E-state index contributed by atoms with van der Waals surface area (Å²) in [7, 11) is 1.75. The van der Waals surface area contributed by atoms with Crippen molar-refractivity contribution in [3.63, 3.8) is 0 Å². The number of aliphatic hydroxyl groups excluding tert-OH is 1. The van der Waals surface area contributed by atoms with Gasteiger partial charge in [-0.05, 0) is 43.0 Å². The molecule has 1 aromatic carbocycles. The molecule has 0 radical (unpaired) electrons. The number of likely N-dealkylation sites (tertiary alicyclic amines) is 1. The van der Waals surface area contributed by atoms with Crippen molar-refractivity contribution >= 4 is 23.2 Å². The second-order valence-corrected chi connectivity index (χ2v) is 10.5. The number of carbonyl (C=O) groups is 2. The summed E-state index contributed by atoms with van der Waals surface area (Å²) in [5, 5.41) is 16.2. The average molecular weight is 459 g/mol. The minimum absolute atomic E-state index is 0.155. The molecule has 0 bridgehead atoms. The van der Waals surface area contributed by atoms with Crippen molar-refractivity contribution in [3.05, 3.63) is 40.5 Å². The minimum Gasteiger partial charge on any atom is -0.391 e. The molecule has 1 aromatic heterocycles. The highest BCUT2D eigenvalue weighted by atomic mass is 32.1. The molecule has 3 N–H and O–H groups in total. The number of amides is 2. The largest absolute Gasteiger partial charge is 0.391 e. The van der Waals surface area contributed by atoms with Crippen LogP contribution in [0.3, 0.4) is 0 Å². The Labute approximate surface area is 194 Å². The molecule has 1 saturated heterocycles. The van der Waals surface area contributed by atoms with E-state index in [0.717, 1.165) is 27.3 Å². The lowest BCUT2D eigenvalue weighted by molar-refractivity contribution is -0.142. The Morgan fingerprint density at radius 1 is 1.31 bits per heavy atom. The van der Waals surface area contributed by atoms with E-state index in [9.17, 15) is 14.7 Å².